The molecule has 0 saturated carbocycles. The third-order valence-corrected chi connectivity index (χ3v) is 4.51. The first-order valence-corrected chi connectivity index (χ1v) is 8.07. The molecule has 0 spiro atoms. The standard InChI is InChI=1S/C18H15FN2O2S/c1-3-9-21-15-8-7-13(19)11-16(15)24-18(21)20-17(22)12-5-4-6-14(10-12)23-2/h3-8,10-11H,1,9H2,2H3. The Morgan fingerprint density at radius 2 is 2.21 bits per heavy atom. The fourth-order valence-electron chi connectivity index (χ4n) is 2.35. The second-order valence-electron chi connectivity index (χ2n) is 5.04. The number of methoxy groups -OCH3 is 1. The highest BCUT2D eigenvalue weighted by molar-refractivity contribution is 7.16. The fraction of sp³-hybridized carbons (Fsp3) is 0.111. The van der Waals surface area contributed by atoms with E-state index in [0.29, 0.717) is 22.7 Å². The largest absolute Gasteiger partial charge is 0.497 e. The smallest absolute Gasteiger partial charge is 0.279 e. The van der Waals surface area contributed by atoms with Gasteiger partial charge in [0.2, 0.25) is 0 Å². The van der Waals surface area contributed by atoms with Crippen LogP contribution in [0.5, 0.6) is 5.75 Å². The van der Waals surface area contributed by atoms with Crippen molar-refractivity contribution >= 4 is 27.5 Å². The van der Waals surface area contributed by atoms with Crippen LogP contribution in [0.1, 0.15) is 10.4 Å². The minimum Gasteiger partial charge on any atom is -0.497 e. The van der Waals surface area contributed by atoms with Crippen LogP contribution in [0.3, 0.4) is 0 Å². The van der Waals surface area contributed by atoms with Gasteiger partial charge in [-0.15, -0.1) is 6.58 Å². The fourth-order valence-corrected chi connectivity index (χ4v) is 3.41. The van der Waals surface area contributed by atoms with Crippen molar-refractivity contribution in [3.05, 3.63) is 71.3 Å². The summed E-state index contributed by atoms with van der Waals surface area (Å²) < 4.78 is 21.1. The molecule has 0 aliphatic carbocycles. The molecule has 1 heterocycles. The Bertz CT molecular complexity index is 988. The number of benzene rings is 2. The summed E-state index contributed by atoms with van der Waals surface area (Å²) in [5, 5.41) is 0. The molecule has 0 saturated heterocycles. The van der Waals surface area contributed by atoms with Crippen LogP contribution in [0.25, 0.3) is 10.2 Å². The number of carbonyl (C=O) groups is 1. The first kappa shape index (κ1) is 16.1. The number of ether oxygens (including phenoxy) is 1. The van der Waals surface area contributed by atoms with E-state index in [2.05, 4.69) is 11.6 Å². The van der Waals surface area contributed by atoms with Gasteiger partial charge in [0.25, 0.3) is 5.91 Å². The maximum Gasteiger partial charge on any atom is 0.279 e. The van der Waals surface area contributed by atoms with Gasteiger partial charge in [-0.2, -0.15) is 4.99 Å². The summed E-state index contributed by atoms with van der Waals surface area (Å²) in [5.74, 6) is -0.104. The van der Waals surface area contributed by atoms with Crippen molar-refractivity contribution in [2.75, 3.05) is 7.11 Å². The average molecular weight is 342 g/mol. The highest BCUT2D eigenvalue weighted by atomic mass is 32.1. The zero-order valence-corrected chi connectivity index (χ0v) is 13.8. The summed E-state index contributed by atoms with van der Waals surface area (Å²) in [6.45, 7) is 4.21. The van der Waals surface area contributed by atoms with Crippen molar-refractivity contribution in [2.24, 2.45) is 4.99 Å². The molecule has 0 aliphatic heterocycles. The number of carbonyl (C=O) groups excluding carboxylic acids is 1. The Labute approximate surface area is 142 Å². The van der Waals surface area contributed by atoms with Crippen LogP contribution in [0.4, 0.5) is 4.39 Å². The lowest BCUT2D eigenvalue weighted by molar-refractivity contribution is 0.0997. The van der Waals surface area contributed by atoms with E-state index in [4.69, 9.17) is 4.74 Å². The first-order chi connectivity index (χ1) is 11.6. The molecule has 3 rings (SSSR count). The lowest BCUT2D eigenvalue weighted by Crippen LogP contribution is -2.16. The molecule has 0 bridgehead atoms. The minimum atomic E-state index is -0.376. The zero-order valence-electron chi connectivity index (χ0n) is 13.0. The van der Waals surface area contributed by atoms with Crippen molar-refractivity contribution in [3.63, 3.8) is 0 Å². The van der Waals surface area contributed by atoms with Gasteiger partial charge in [-0.05, 0) is 36.4 Å². The van der Waals surface area contributed by atoms with E-state index >= 15 is 0 Å². The number of fused-ring (bicyclic) bond motifs is 1. The summed E-state index contributed by atoms with van der Waals surface area (Å²) in [4.78, 5) is 17.2. The van der Waals surface area contributed by atoms with Gasteiger partial charge in [0, 0.05) is 12.1 Å². The molecular weight excluding hydrogens is 327 g/mol. The monoisotopic (exact) mass is 342 g/mol. The maximum atomic E-state index is 13.4. The first-order valence-electron chi connectivity index (χ1n) is 7.25. The molecule has 0 aliphatic rings. The number of nitrogens with zero attached hydrogens (tertiary/aromatic N) is 2. The van der Waals surface area contributed by atoms with Gasteiger partial charge in [0.1, 0.15) is 11.6 Å². The number of rotatable bonds is 4. The van der Waals surface area contributed by atoms with Crippen LogP contribution < -0.4 is 9.54 Å². The number of thiazole rings is 1. The lowest BCUT2D eigenvalue weighted by Gasteiger charge is -2.02. The number of halogens is 1. The van der Waals surface area contributed by atoms with E-state index < -0.39 is 0 Å². The molecule has 1 aromatic heterocycles. The molecule has 0 fully saturated rings. The second-order valence-corrected chi connectivity index (χ2v) is 6.05. The molecule has 3 aromatic rings. The van der Waals surface area contributed by atoms with E-state index in [-0.39, 0.29) is 11.7 Å². The molecule has 1 amide bonds. The molecule has 24 heavy (non-hydrogen) atoms. The lowest BCUT2D eigenvalue weighted by atomic mass is 10.2. The Balaban J connectivity index is 2.12. The van der Waals surface area contributed by atoms with Crippen LogP contribution in [0, 0.1) is 5.82 Å². The molecule has 0 N–H and O–H groups in total. The van der Waals surface area contributed by atoms with Gasteiger partial charge in [-0.1, -0.05) is 23.5 Å². The van der Waals surface area contributed by atoms with Gasteiger partial charge in [0.05, 0.1) is 17.3 Å². The number of allylic oxidation sites excluding steroid dienone is 1. The normalized spacial score (nSPS) is 11.7. The molecular formula is C18H15FN2O2S. The zero-order chi connectivity index (χ0) is 17.1. The Morgan fingerprint density at radius 3 is 2.96 bits per heavy atom. The molecule has 122 valence electrons. The van der Waals surface area contributed by atoms with E-state index in [1.807, 2.05) is 4.57 Å². The molecule has 4 nitrogen and oxygen atoms in total. The van der Waals surface area contributed by atoms with Gasteiger partial charge in [-0.25, -0.2) is 4.39 Å². The van der Waals surface area contributed by atoms with E-state index in [1.54, 1.807) is 43.5 Å². The van der Waals surface area contributed by atoms with Crippen molar-refractivity contribution in [2.45, 2.75) is 6.54 Å². The minimum absolute atomic E-state index is 0.319. The number of hydrogen-bond donors (Lipinski definition) is 0. The summed E-state index contributed by atoms with van der Waals surface area (Å²) >= 11 is 1.27. The average Bonchev–Trinajstić information content (AvgIpc) is 2.91. The topological polar surface area (TPSA) is 43.6 Å². The van der Waals surface area contributed by atoms with Gasteiger partial charge < -0.3 is 9.30 Å². The number of amides is 1. The van der Waals surface area contributed by atoms with Crippen molar-refractivity contribution in [1.29, 1.82) is 0 Å². The number of aromatic nitrogens is 1. The Hall–Kier alpha value is -2.73. The van der Waals surface area contributed by atoms with E-state index in [0.717, 1.165) is 10.2 Å². The molecule has 0 atom stereocenters. The maximum absolute atomic E-state index is 13.4. The van der Waals surface area contributed by atoms with Crippen LogP contribution in [0.15, 0.2) is 60.1 Å². The molecule has 0 unspecified atom stereocenters. The second kappa shape index (κ2) is 6.80. The van der Waals surface area contributed by atoms with E-state index in [1.165, 1.54) is 23.5 Å². The molecule has 2 aromatic carbocycles. The summed E-state index contributed by atoms with van der Waals surface area (Å²) in [6, 6.07) is 11.3. The van der Waals surface area contributed by atoms with Gasteiger partial charge in [0.15, 0.2) is 4.80 Å². The predicted octanol–water partition coefficient (Wildman–Crippen LogP) is 3.78. The summed E-state index contributed by atoms with van der Waals surface area (Å²) in [5.41, 5.74) is 1.25. The van der Waals surface area contributed by atoms with Crippen LogP contribution >= 0.6 is 11.3 Å². The van der Waals surface area contributed by atoms with Crippen LogP contribution in [-0.4, -0.2) is 17.6 Å². The SMILES string of the molecule is C=CCn1c(=NC(=O)c2cccc(OC)c2)sc2cc(F)ccc21. The van der Waals surface area contributed by atoms with Crippen molar-refractivity contribution in [3.8, 4) is 5.75 Å². The van der Waals surface area contributed by atoms with Gasteiger partial charge in [-0.3, -0.25) is 4.79 Å². The Kier molecular flexibility index (Phi) is 4.57. The third-order valence-electron chi connectivity index (χ3n) is 3.47. The summed E-state index contributed by atoms with van der Waals surface area (Å²) in [6.07, 6.45) is 1.71. The van der Waals surface area contributed by atoms with Crippen LogP contribution in [-0.2, 0) is 6.54 Å². The molecule has 0 radical (unpaired) electrons. The van der Waals surface area contributed by atoms with Gasteiger partial charge >= 0.3 is 0 Å². The molecule has 6 heteroatoms. The summed E-state index contributed by atoms with van der Waals surface area (Å²) in [7, 11) is 1.54. The highest BCUT2D eigenvalue weighted by Crippen LogP contribution is 2.19. The number of hydrogen-bond acceptors (Lipinski definition) is 3. The highest BCUT2D eigenvalue weighted by Gasteiger charge is 2.10. The van der Waals surface area contributed by atoms with Crippen molar-refractivity contribution < 1.29 is 13.9 Å². The third kappa shape index (κ3) is 3.14. The van der Waals surface area contributed by atoms with Crippen LogP contribution in [0.2, 0.25) is 0 Å². The van der Waals surface area contributed by atoms with Crippen molar-refractivity contribution in [1.82, 2.24) is 4.57 Å². The Morgan fingerprint density at radius 1 is 1.38 bits per heavy atom. The predicted molar refractivity (Wildman–Crippen MR) is 92.9 cm³/mol. The van der Waals surface area contributed by atoms with E-state index in [9.17, 15) is 9.18 Å². The quantitative estimate of drug-likeness (QED) is 0.677.